The predicted octanol–water partition coefficient (Wildman–Crippen LogP) is 2.14. The number of carbonyl (C=O) groups excluding carboxylic acids is 1. The molecule has 0 aliphatic carbocycles. The minimum atomic E-state index is -0.368. The van der Waals surface area contributed by atoms with Gasteiger partial charge >= 0.3 is 5.97 Å². The van der Waals surface area contributed by atoms with E-state index in [-0.39, 0.29) is 24.2 Å². The molecule has 0 radical (unpaired) electrons. The molecule has 1 N–H and O–H groups in total. The Kier molecular flexibility index (Phi) is 5.15. The van der Waals surface area contributed by atoms with Gasteiger partial charge in [0.1, 0.15) is 6.04 Å². The van der Waals surface area contributed by atoms with Crippen LogP contribution in [0.15, 0.2) is 30.3 Å². The molecular weight excluding hydrogens is 254 g/mol. The van der Waals surface area contributed by atoms with Gasteiger partial charge in [-0.25, -0.2) is 4.79 Å². The number of ether oxygens (including phenoxy) is 1. The highest BCUT2D eigenvalue weighted by Crippen LogP contribution is 2.32. The number of carbonyl (C=O) groups is 1. The van der Waals surface area contributed by atoms with Crippen LogP contribution in [-0.2, 0) is 9.53 Å². The van der Waals surface area contributed by atoms with E-state index in [1.165, 1.54) is 7.11 Å². The first-order valence-electron chi connectivity index (χ1n) is 7.20. The van der Waals surface area contributed by atoms with Crippen molar-refractivity contribution in [1.82, 2.24) is 4.90 Å². The van der Waals surface area contributed by atoms with Crippen LogP contribution in [0.5, 0.6) is 0 Å². The SMILES string of the molecule is COC(=O)C(c1ccccc1)N1CCCC1CC(C)O. The van der Waals surface area contributed by atoms with Gasteiger partial charge in [0.15, 0.2) is 0 Å². The van der Waals surface area contributed by atoms with E-state index in [2.05, 4.69) is 4.90 Å². The third kappa shape index (κ3) is 3.38. The predicted molar refractivity (Wildman–Crippen MR) is 77.2 cm³/mol. The Morgan fingerprint density at radius 1 is 1.45 bits per heavy atom. The molecule has 1 fully saturated rings. The molecule has 4 heteroatoms. The number of aliphatic hydroxyl groups excluding tert-OH is 1. The van der Waals surface area contributed by atoms with Crippen molar-refractivity contribution in [3.05, 3.63) is 35.9 Å². The van der Waals surface area contributed by atoms with Gasteiger partial charge in [0.2, 0.25) is 0 Å². The summed E-state index contributed by atoms with van der Waals surface area (Å²) >= 11 is 0. The summed E-state index contributed by atoms with van der Waals surface area (Å²) in [6, 6.07) is 9.59. The van der Waals surface area contributed by atoms with Crippen molar-refractivity contribution in [1.29, 1.82) is 0 Å². The minimum absolute atomic E-state index is 0.228. The second-order valence-electron chi connectivity index (χ2n) is 5.45. The van der Waals surface area contributed by atoms with E-state index in [1.807, 2.05) is 30.3 Å². The molecule has 3 unspecified atom stereocenters. The molecule has 0 aromatic heterocycles. The molecular formula is C16H23NO3. The van der Waals surface area contributed by atoms with E-state index in [9.17, 15) is 9.90 Å². The van der Waals surface area contributed by atoms with E-state index in [1.54, 1.807) is 6.92 Å². The van der Waals surface area contributed by atoms with E-state index in [0.29, 0.717) is 6.42 Å². The monoisotopic (exact) mass is 277 g/mol. The van der Waals surface area contributed by atoms with Crippen molar-refractivity contribution in [3.63, 3.8) is 0 Å². The molecule has 2 rings (SSSR count). The maximum atomic E-state index is 12.2. The standard InChI is InChI=1S/C16H23NO3/c1-12(18)11-14-9-6-10-17(14)15(16(19)20-2)13-7-4-3-5-8-13/h3-5,7-8,12,14-15,18H,6,9-11H2,1-2H3. The van der Waals surface area contributed by atoms with Gasteiger partial charge in [-0.2, -0.15) is 0 Å². The first-order chi connectivity index (χ1) is 9.63. The van der Waals surface area contributed by atoms with Crippen LogP contribution in [0, 0.1) is 0 Å². The van der Waals surface area contributed by atoms with Crippen LogP contribution in [0.25, 0.3) is 0 Å². The number of esters is 1. The molecule has 20 heavy (non-hydrogen) atoms. The summed E-state index contributed by atoms with van der Waals surface area (Å²) in [5, 5.41) is 9.64. The zero-order valence-electron chi connectivity index (χ0n) is 12.2. The van der Waals surface area contributed by atoms with Crippen LogP contribution in [0.2, 0.25) is 0 Å². The van der Waals surface area contributed by atoms with Crippen LogP contribution in [0.3, 0.4) is 0 Å². The van der Waals surface area contributed by atoms with E-state index >= 15 is 0 Å². The number of hydrogen-bond acceptors (Lipinski definition) is 4. The highest BCUT2D eigenvalue weighted by atomic mass is 16.5. The molecule has 1 aromatic carbocycles. The molecule has 0 amide bonds. The van der Waals surface area contributed by atoms with Gasteiger partial charge in [-0.1, -0.05) is 30.3 Å². The van der Waals surface area contributed by atoms with Crippen molar-refractivity contribution in [2.45, 2.75) is 44.4 Å². The molecule has 0 saturated carbocycles. The molecule has 0 spiro atoms. The van der Waals surface area contributed by atoms with Crippen LogP contribution in [-0.4, -0.2) is 41.8 Å². The van der Waals surface area contributed by atoms with Gasteiger partial charge in [0, 0.05) is 6.04 Å². The summed E-state index contributed by atoms with van der Waals surface area (Å²) in [4.78, 5) is 14.4. The molecule has 1 heterocycles. The second-order valence-corrected chi connectivity index (χ2v) is 5.45. The maximum absolute atomic E-state index is 12.2. The molecule has 1 aliphatic heterocycles. The van der Waals surface area contributed by atoms with Gasteiger partial charge in [-0.05, 0) is 38.3 Å². The lowest BCUT2D eigenvalue weighted by molar-refractivity contribution is -0.148. The Morgan fingerprint density at radius 2 is 2.15 bits per heavy atom. The Balaban J connectivity index is 2.24. The fourth-order valence-electron chi connectivity index (χ4n) is 3.05. The first-order valence-corrected chi connectivity index (χ1v) is 7.20. The van der Waals surface area contributed by atoms with Crippen LogP contribution < -0.4 is 0 Å². The van der Waals surface area contributed by atoms with Crippen molar-refractivity contribution in [3.8, 4) is 0 Å². The van der Waals surface area contributed by atoms with Gasteiger partial charge in [0.05, 0.1) is 13.2 Å². The van der Waals surface area contributed by atoms with Crippen molar-refractivity contribution >= 4 is 5.97 Å². The van der Waals surface area contributed by atoms with Crippen LogP contribution in [0.1, 0.15) is 37.8 Å². The lowest BCUT2D eigenvalue weighted by Gasteiger charge is -2.32. The smallest absolute Gasteiger partial charge is 0.327 e. The highest BCUT2D eigenvalue weighted by molar-refractivity contribution is 5.77. The zero-order chi connectivity index (χ0) is 14.5. The molecule has 1 aromatic rings. The quantitative estimate of drug-likeness (QED) is 0.838. The zero-order valence-corrected chi connectivity index (χ0v) is 12.2. The molecule has 1 saturated heterocycles. The lowest BCUT2D eigenvalue weighted by atomic mass is 10.0. The van der Waals surface area contributed by atoms with Gasteiger partial charge in [-0.3, -0.25) is 4.90 Å². The molecule has 110 valence electrons. The number of aliphatic hydroxyl groups is 1. The Hall–Kier alpha value is -1.39. The van der Waals surface area contributed by atoms with Crippen LogP contribution in [0.4, 0.5) is 0 Å². The number of nitrogens with zero attached hydrogens (tertiary/aromatic N) is 1. The fraction of sp³-hybridized carbons (Fsp3) is 0.562. The fourth-order valence-corrected chi connectivity index (χ4v) is 3.05. The second kappa shape index (κ2) is 6.86. The molecule has 3 atom stereocenters. The number of benzene rings is 1. The number of rotatable bonds is 5. The van der Waals surface area contributed by atoms with Crippen molar-refractivity contribution in [2.75, 3.05) is 13.7 Å². The largest absolute Gasteiger partial charge is 0.468 e. The molecule has 0 bridgehead atoms. The third-order valence-corrected chi connectivity index (χ3v) is 3.91. The first kappa shape index (κ1) is 15.0. The highest BCUT2D eigenvalue weighted by Gasteiger charge is 2.36. The lowest BCUT2D eigenvalue weighted by Crippen LogP contribution is -2.39. The number of methoxy groups -OCH3 is 1. The molecule has 1 aliphatic rings. The van der Waals surface area contributed by atoms with E-state index < -0.39 is 0 Å². The summed E-state index contributed by atoms with van der Waals surface area (Å²) < 4.78 is 4.99. The topological polar surface area (TPSA) is 49.8 Å². The number of hydrogen-bond donors (Lipinski definition) is 1. The summed E-state index contributed by atoms with van der Waals surface area (Å²) in [6.45, 7) is 2.66. The summed E-state index contributed by atoms with van der Waals surface area (Å²) in [6.07, 6.45) is 2.41. The summed E-state index contributed by atoms with van der Waals surface area (Å²) in [5.41, 5.74) is 0.955. The van der Waals surface area contributed by atoms with Gasteiger partial charge in [-0.15, -0.1) is 0 Å². The van der Waals surface area contributed by atoms with Gasteiger partial charge in [0.25, 0.3) is 0 Å². The summed E-state index contributed by atoms with van der Waals surface area (Å²) in [5.74, 6) is -0.228. The van der Waals surface area contributed by atoms with E-state index in [0.717, 1.165) is 24.9 Å². The minimum Gasteiger partial charge on any atom is -0.468 e. The Morgan fingerprint density at radius 3 is 2.75 bits per heavy atom. The number of likely N-dealkylation sites (tertiary alicyclic amines) is 1. The Bertz CT molecular complexity index is 433. The Labute approximate surface area is 120 Å². The van der Waals surface area contributed by atoms with Crippen molar-refractivity contribution < 1.29 is 14.6 Å². The average Bonchev–Trinajstić information content (AvgIpc) is 2.87. The summed E-state index contributed by atoms with van der Waals surface area (Å²) in [7, 11) is 1.43. The maximum Gasteiger partial charge on any atom is 0.327 e. The van der Waals surface area contributed by atoms with E-state index in [4.69, 9.17) is 4.74 Å². The van der Waals surface area contributed by atoms with Gasteiger partial charge < -0.3 is 9.84 Å². The average molecular weight is 277 g/mol. The van der Waals surface area contributed by atoms with Crippen molar-refractivity contribution in [2.24, 2.45) is 0 Å². The normalized spacial score (nSPS) is 22.4. The van der Waals surface area contributed by atoms with Crippen LogP contribution >= 0.6 is 0 Å². The molecule has 4 nitrogen and oxygen atoms in total. The third-order valence-electron chi connectivity index (χ3n) is 3.91.